The molecule has 6 heteroatoms. The fraction of sp³-hybridized carbons (Fsp3) is 0.467. The molecule has 0 saturated carbocycles. The van der Waals surface area contributed by atoms with Crippen molar-refractivity contribution in [1.29, 1.82) is 0 Å². The monoisotopic (exact) mass is 354 g/mol. The maximum absolute atomic E-state index is 12.1. The Bertz CT molecular complexity index is 534. The minimum Gasteiger partial charge on any atom is -0.497 e. The number of ether oxygens (including phenoxy) is 1. The number of amides is 2. The SMILES string of the molecule is COc1ccc(Br)c(C(=O)NCCCN2CCCC2=O)c1. The molecule has 0 aromatic heterocycles. The van der Waals surface area contributed by atoms with Crippen LogP contribution in [0.25, 0.3) is 0 Å². The first-order valence-electron chi connectivity index (χ1n) is 7.01. The van der Waals surface area contributed by atoms with E-state index >= 15 is 0 Å². The lowest BCUT2D eigenvalue weighted by atomic mass is 10.2. The number of benzene rings is 1. The Morgan fingerprint density at radius 3 is 2.95 bits per heavy atom. The first kappa shape index (κ1) is 15.8. The van der Waals surface area contributed by atoms with E-state index in [2.05, 4.69) is 21.2 Å². The molecule has 1 aromatic carbocycles. The second-order valence-corrected chi connectivity index (χ2v) is 5.79. The van der Waals surface area contributed by atoms with Crippen molar-refractivity contribution >= 4 is 27.7 Å². The van der Waals surface area contributed by atoms with Crippen molar-refractivity contribution in [3.05, 3.63) is 28.2 Å². The molecule has 0 aliphatic carbocycles. The van der Waals surface area contributed by atoms with Crippen LogP contribution < -0.4 is 10.1 Å². The number of nitrogens with zero attached hydrogens (tertiary/aromatic N) is 1. The number of carbonyl (C=O) groups is 2. The molecule has 114 valence electrons. The van der Waals surface area contributed by atoms with Gasteiger partial charge in [-0.05, 0) is 47.0 Å². The van der Waals surface area contributed by atoms with Gasteiger partial charge in [0.15, 0.2) is 0 Å². The van der Waals surface area contributed by atoms with E-state index in [0.29, 0.717) is 30.8 Å². The van der Waals surface area contributed by atoms with Crippen molar-refractivity contribution in [2.45, 2.75) is 19.3 Å². The predicted molar refractivity (Wildman–Crippen MR) is 83.5 cm³/mol. The third kappa shape index (κ3) is 4.20. The third-order valence-electron chi connectivity index (χ3n) is 3.48. The van der Waals surface area contributed by atoms with E-state index in [9.17, 15) is 9.59 Å². The Kier molecular flexibility index (Phi) is 5.61. The van der Waals surface area contributed by atoms with Gasteiger partial charge in [-0.25, -0.2) is 0 Å². The number of rotatable bonds is 6. The molecule has 2 rings (SSSR count). The Hall–Kier alpha value is -1.56. The normalized spacial score (nSPS) is 14.4. The molecular formula is C15H19BrN2O3. The smallest absolute Gasteiger partial charge is 0.252 e. The van der Waals surface area contributed by atoms with Crippen LogP contribution in [0, 0.1) is 0 Å². The van der Waals surface area contributed by atoms with E-state index in [-0.39, 0.29) is 11.8 Å². The van der Waals surface area contributed by atoms with Gasteiger partial charge in [0.1, 0.15) is 5.75 Å². The Balaban J connectivity index is 1.80. The van der Waals surface area contributed by atoms with Gasteiger partial charge in [-0.3, -0.25) is 9.59 Å². The lowest BCUT2D eigenvalue weighted by Crippen LogP contribution is -2.30. The van der Waals surface area contributed by atoms with Gasteiger partial charge in [0, 0.05) is 30.5 Å². The average molecular weight is 355 g/mol. The van der Waals surface area contributed by atoms with Gasteiger partial charge in [0.25, 0.3) is 5.91 Å². The summed E-state index contributed by atoms with van der Waals surface area (Å²) in [6.07, 6.45) is 2.37. The Morgan fingerprint density at radius 1 is 1.48 bits per heavy atom. The number of nitrogens with one attached hydrogen (secondary N) is 1. The van der Waals surface area contributed by atoms with Crippen LogP contribution in [0.2, 0.25) is 0 Å². The summed E-state index contributed by atoms with van der Waals surface area (Å²) in [5.41, 5.74) is 0.548. The molecule has 21 heavy (non-hydrogen) atoms. The maximum atomic E-state index is 12.1. The van der Waals surface area contributed by atoms with Crippen LogP contribution in [0.4, 0.5) is 0 Å². The van der Waals surface area contributed by atoms with Crippen LogP contribution in [0.15, 0.2) is 22.7 Å². The van der Waals surface area contributed by atoms with Crippen molar-refractivity contribution in [3.8, 4) is 5.75 Å². The van der Waals surface area contributed by atoms with Crippen LogP contribution in [0.1, 0.15) is 29.6 Å². The van der Waals surface area contributed by atoms with E-state index in [1.165, 1.54) is 0 Å². The quantitative estimate of drug-likeness (QED) is 0.796. The standard InChI is InChI=1S/C15H19BrN2O3/c1-21-11-5-6-13(16)12(10-11)15(20)17-7-3-9-18-8-2-4-14(18)19/h5-6,10H,2-4,7-9H2,1H3,(H,17,20). The Labute approximate surface area is 132 Å². The summed E-state index contributed by atoms with van der Waals surface area (Å²) >= 11 is 3.36. The lowest BCUT2D eigenvalue weighted by molar-refractivity contribution is -0.127. The summed E-state index contributed by atoms with van der Waals surface area (Å²) in [4.78, 5) is 25.4. The first-order valence-corrected chi connectivity index (χ1v) is 7.80. The molecule has 0 bridgehead atoms. The minimum absolute atomic E-state index is 0.145. The molecule has 1 N–H and O–H groups in total. The molecule has 1 aliphatic rings. The van der Waals surface area contributed by atoms with Crippen LogP contribution in [0.3, 0.4) is 0 Å². The predicted octanol–water partition coefficient (Wildman–Crippen LogP) is 2.20. The summed E-state index contributed by atoms with van der Waals surface area (Å²) in [5.74, 6) is 0.719. The van der Waals surface area contributed by atoms with Crippen LogP contribution in [-0.4, -0.2) is 43.5 Å². The topological polar surface area (TPSA) is 58.6 Å². The molecule has 1 fully saturated rings. The zero-order valence-electron chi connectivity index (χ0n) is 12.0. The van der Waals surface area contributed by atoms with Crippen LogP contribution >= 0.6 is 15.9 Å². The van der Waals surface area contributed by atoms with Crippen LogP contribution in [0.5, 0.6) is 5.75 Å². The van der Waals surface area contributed by atoms with Gasteiger partial charge in [-0.2, -0.15) is 0 Å². The molecule has 0 spiro atoms. The lowest BCUT2D eigenvalue weighted by Gasteiger charge is -2.15. The van der Waals surface area contributed by atoms with Gasteiger partial charge < -0.3 is 15.0 Å². The van der Waals surface area contributed by atoms with Crippen molar-refractivity contribution < 1.29 is 14.3 Å². The van der Waals surface area contributed by atoms with Gasteiger partial charge in [0.05, 0.1) is 12.7 Å². The van der Waals surface area contributed by atoms with E-state index in [0.717, 1.165) is 23.9 Å². The fourth-order valence-corrected chi connectivity index (χ4v) is 2.74. The number of hydrogen-bond donors (Lipinski definition) is 1. The summed E-state index contributed by atoms with van der Waals surface area (Å²) < 4.78 is 5.85. The minimum atomic E-state index is -0.145. The highest BCUT2D eigenvalue weighted by atomic mass is 79.9. The molecule has 1 aliphatic heterocycles. The van der Waals surface area contributed by atoms with Crippen molar-refractivity contribution in [2.24, 2.45) is 0 Å². The average Bonchev–Trinajstić information content (AvgIpc) is 2.89. The zero-order valence-corrected chi connectivity index (χ0v) is 13.6. The molecule has 0 radical (unpaired) electrons. The van der Waals surface area contributed by atoms with E-state index in [1.54, 1.807) is 25.3 Å². The van der Waals surface area contributed by atoms with Crippen LogP contribution in [-0.2, 0) is 4.79 Å². The molecule has 0 unspecified atom stereocenters. The molecule has 1 aromatic rings. The first-order chi connectivity index (χ1) is 10.1. The molecule has 2 amide bonds. The van der Waals surface area contributed by atoms with Crippen molar-refractivity contribution in [1.82, 2.24) is 10.2 Å². The van der Waals surface area contributed by atoms with Crippen molar-refractivity contribution in [2.75, 3.05) is 26.7 Å². The summed E-state index contributed by atoms with van der Waals surface area (Å²) in [6, 6.07) is 5.28. The van der Waals surface area contributed by atoms with Crippen molar-refractivity contribution in [3.63, 3.8) is 0 Å². The van der Waals surface area contributed by atoms with E-state index in [1.807, 2.05) is 4.90 Å². The van der Waals surface area contributed by atoms with E-state index in [4.69, 9.17) is 4.74 Å². The van der Waals surface area contributed by atoms with E-state index < -0.39 is 0 Å². The van der Waals surface area contributed by atoms with Gasteiger partial charge in [-0.1, -0.05) is 0 Å². The second kappa shape index (κ2) is 7.45. The number of halogens is 1. The molecular weight excluding hydrogens is 336 g/mol. The maximum Gasteiger partial charge on any atom is 0.252 e. The summed E-state index contributed by atoms with van der Waals surface area (Å²) in [7, 11) is 1.57. The number of carbonyl (C=O) groups excluding carboxylic acids is 2. The number of likely N-dealkylation sites (tertiary alicyclic amines) is 1. The fourth-order valence-electron chi connectivity index (χ4n) is 2.31. The number of hydrogen-bond acceptors (Lipinski definition) is 3. The highest BCUT2D eigenvalue weighted by Gasteiger charge is 2.19. The molecule has 0 atom stereocenters. The summed E-state index contributed by atoms with van der Waals surface area (Å²) in [5, 5.41) is 2.87. The highest BCUT2D eigenvalue weighted by Crippen LogP contribution is 2.22. The third-order valence-corrected chi connectivity index (χ3v) is 4.17. The molecule has 1 saturated heterocycles. The number of methoxy groups -OCH3 is 1. The second-order valence-electron chi connectivity index (χ2n) is 4.94. The molecule has 5 nitrogen and oxygen atoms in total. The van der Waals surface area contributed by atoms with Gasteiger partial charge in [0.2, 0.25) is 5.91 Å². The summed E-state index contributed by atoms with van der Waals surface area (Å²) in [6.45, 7) is 2.10. The molecule has 1 heterocycles. The van der Waals surface area contributed by atoms with Gasteiger partial charge in [-0.15, -0.1) is 0 Å². The van der Waals surface area contributed by atoms with Gasteiger partial charge >= 0.3 is 0 Å². The Morgan fingerprint density at radius 2 is 2.29 bits per heavy atom. The largest absolute Gasteiger partial charge is 0.497 e. The highest BCUT2D eigenvalue weighted by molar-refractivity contribution is 9.10. The zero-order chi connectivity index (χ0) is 15.2.